The SMILES string of the molecule is CCC(C(=O)OC)C1CCCCC1=O. The van der Waals surface area contributed by atoms with E-state index in [4.69, 9.17) is 4.74 Å². The van der Waals surface area contributed by atoms with Crippen molar-refractivity contribution in [3.05, 3.63) is 0 Å². The van der Waals surface area contributed by atoms with Gasteiger partial charge in [-0.1, -0.05) is 13.3 Å². The molecule has 0 heterocycles. The molecule has 1 aliphatic rings. The Bertz CT molecular complexity index is 215. The first-order chi connectivity index (χ1) is 6.70. The molecule has 1 fully saturated rings. The van der Waals surface area contributed by atoms with E-state index in [0.29, 0.717) is 12.8 Å². The van der Waals surface area contributed by atoms with Gasteiger partial charge < -0.3 is 4.74 Å². The lowest BCUT2D eigenvalue weighted by Crippen LogP contribution is -2.32. The van der Waals surface area contributed by atoms with Crippen molar-refractivity contribution in [2.45, 2.75) is 39.0 Å². The summed E-state index contributed by atoms with van der Waals surface area (Å²) >= 11 is 0. The quantitative estimate of drug-likeness (QED) is 0.651. The maximum absolute atomic E-state index is 11.6. The first-order valence-corrected chi connectivity index (χ1v) is 5.31. The molecule has 1 rings (SSSR count). The smallest absolute Gasteiger partial charge is 0.309 e. The van der Waals surface area contributed by atoms with Gasteiger partial charge in [0.2, 0.25) is 0 Å². The summed E-state index contributed by atoms with van der Waals surface area (Å²) in [7, 11) is 1.39. The van der Waals surface area contributed by atoms with Crippen molar-refractivity contribution >= 4 is 11.8 Å². The average Bonchev–Trinajstić information content (AvgIpc) is 2.21. The third-order valence-corrected chi connectivity index (χ3v) is 3.03. The van der Waals surface area contributed by atoms with E-state index in [1.54, 1.807) is 0 Å². The zero-order valence-corrected chi connectivity index (χ0v) is 8.91. The number of carbonyl (C=O) groups excluding carboxylic acids is 2. The number of rotatable bonds is 3. The normalized spacial score (nSPS) is 24.4. The van der Waals surface area contributed by atoms with Gasteiger partial charge in [0.1, 0.15) is 5.78 Å². The molecule has 14 heavy (non-hydrogen) atoms. The van der Waals surface area contributed by atoms with E-state index >= 15 is 0 Å². The van der Waals surface area contributed by atoms with Crippen LogP contribution in [-0.2, 0) is 14.3 Å². The molecule has 3 heteroatoms. The summed E-state index contributed by atoms with van der Waals surface area (Å²) < 4.78 is 4.71. The van der Waals surface area contributed by atoms with Crippen LogP contribution in [0.1, 0.15) is 39.0 Å². The summed E-state index contributed by atoms with van der Waals surface area (Å²) in [5.74, 6) is -0.282. The maximum Gasteiger partial charge on any atom is 0.309 e. The number of hydrogen-bond donors (Lipinski definition) is 0. The van der Waals surface area contributed by atoms with Crippen LogP contribution >= 0.6 is 0 Å². The first-order valence-electron chi connectivity index (χ1n) is 5.31. The second kappa shape index (κ2) is 5.13. The maximum atomic E-state index is 11.6. The van der Waals surface area contributed by atoms with Crippen LogP contribution in [-0.4, -0.2) is 18.9 Å². The van der Waals surface area contributed by atoms with Crippen LogP contribution in [0.5, 0.6) is 0 Å². The van der Waals surface area contributed by atoms with Crippen LogP contribution < -0.4 is 0 Å². The van der Waals surface area contributed by atoms with Gasteiger partial charge >= 0.3 is 5.97 Å². The predicted molar refractivity (Wildman–Crippen MR) is 52.8 cm³/mol. The fourth-order valence-electron chi connectivity index (χ4n) is 2.20. The van der Waals surface area contributed by atoms with E-state index in [1.807, 2.05) is 6.92 Å². The fraction of sp³-hybridized carbons (Fsp3) is 0.818. The van der Waals surface area contributed by atoms with Gasteiger partial charge in [-0.15, -0.1) is 0 Å². The highest BCUT2D eigenvalue weighted by atomic mass is 16.5. The Hall–Kier alpha value is -0.860. The molecule has 0 N–H and O–H groups in total. The van der Waals surface area contributed by atoms with Crippen molar-refractivity contribution < 1.29 is 14.3 Å². The van der Waals surface area contributed by atoms with Crippen molar-refractivity contribution in [2.24, 2.45) is 11.8 Å². The van der Waals surface area contributed by atoms with Crippen LogP contribution in [0.15, 0.2) is 0 Å². The molecule has 1 aliphatic carbocycles. The molecule has 0 aromatic rings. The van der Waals surface area contributed by atoms with Gasteiger partial charge in [-0.2, -0.15) is 0 Å². The molecule has 2 atom stereocenters. The first kappa shape index (κ1) is 11.2. The molecule has 1 saturated carbocycles. The number of carbonyl (C=O) groups is 2. The highest BCUT2D eigenvalue weighted by Crippen LogP contribution is 2.29. The Labute approximate surface area is 84.8 Å². The van der Waals surface area contributed by atoms with E-state index in [2.05, 4.69) is 0 Å². The molecular weight excluding hydrogens is 180 g/mol. The van der Waals surface area contributed by atoms with Gasteiger partial charge in [-0.3, -0.25) is 9.59 Å². The number of ether oxygens (including phenoxy) is 1. The monoisotopic (exact) mass is 198 g/mol. The molecule has 0 aliphatic heterocycles. The van der Waals surface area contributed by atoms with Crippen molar-refractivity contribution in [1.29, 1.82) is 0 Å². The topological polar surface area (TPSA) is 43.4 Å². The molecule has 0 saturated heterocycles. The van der Waals surface area contributed by atoms with Gasteiger partial charge in [0, 0.05) is 12.3 Å². The molecule has 0 spiro atoms. The zero-order valence-electron chi connectivity index (χ0n) is 8.91. The Morgan fingerprint density at radius 3 is 2.79 bits per heavy atom. The van der Waals surface area contributed by atoms with Crippen LogP contribution in [0.4, 0.5) is 0 Å². The molecule has 2 unspecified atom stereocenters. The van der Waals surface area contributed by atoms with Crippen LogP contribution in [0, 0.1) is 11.8 Å². The molecule has 80 valence electrons. The highest BCUT2D eigenvalue weighted by Gasteiger charge is 2.34. The molecular formula is C11H18O3. The van der Waals surface area contributed by atoms with E-state index < -0.39 is 0 Å². The van der Waals surface area contributed by atoms with E-state index in [9.17, 15) is 9.59 Å². The summed E-state index contributed by atoms with van der Waals surface area (Å²) in [6.45, 7) is 1.93. The lowest BCUT2D eigenvalue weighted by atomic mass is 9.78. The molecule has 0 bridgehead atoms. The summed E-state index contributed by atoms with van der Waals surface area (Å²) in [6, 6.07) is 0. The molecule has 0 aromatic heterocycles. The van der Waals surface area contributed by atoms with Crippen molar-refractivity contribution in [3.63, 3.8) is 0 Å². The Morgan fingerprint density at radius 1 is 1.57 bits per heavy atom. The van der Waals surface area contributed by atoms with E-state index in [1.165, 1.54) is 7.11 Å². The number of hydrogen-bond acceptors (Lipinski definition) is 3. The number of Topliss-reactive ketones (excluding diaryl/α,β-unsaturated/α-hetero) is 1. The lowest BCUT2D eigenvalue weighted by molar-refractivity contribution is -0.151. The number of methoxy groups -OCH3 is 1. The third kappa shape index (κ3) is 2.34. The second-order valence-corrected chi connectivity index (χ2v) is 3.86. The molecule has 0 amide bonds. The lowest BCUT2D eigenvalue weighted by Gasteiger charge is -2.26. The molecule has 0 radical (unpaired) electrons. The minimum atomic E-state index is -0.229. The summed E-state index contributed by atoms with van der Waals surface area (Å²) in [4.78, 5) is 23.0. The minimum absolute atomic E-state index is 0.0822. The van der Waals surface area contributed by atoms with E-state index in [-0.39, 0.29) is 23.6 Å². The van der Waals surface area contributed by atoms with Crippen LogP contribution in [0.2, 0.25) is 0 Å². The Balaban J connectivity index is 2.66. The highest BCUT2D eigenvalue weighted by molar-refractivity contribution is 5.87. The van der Waals surface area contributed by atoms with Crippen molar-refractivity contribution in [3.8, 4) is 0 Å². The summed E-state index contributed by atoms with van der Waals surface area (Å²) in [5.41, 5.74) is 0. The van der Waals surface area contributed by atoms with E-state index in [0.717, 1.165) is 19.3 Å². The van der Waals surface area contributed by atoms with Gasteiger partial charge in [0.15, 0.2) is 0 Å². The Kier molecular flexibility index (Phi) is 4.11. The molecule has 3 nitrogen and oxygen atoms in total. The third-order valence-electron chi connectivity index (χ3n) is 3.03. The fourth-order valence-corrected chi connectivity index (χ4v) is 2.20. The number of esters is 1. The van der Waals surface area contributed by atoms with Crippen LogP contribution in [0.3, 0.4) is 0 Å². The van der Waals surface area contributed by atoms with Gasteiger partial charge in [-0.05, 0) is 19.3 Å². The van der Waals surface area contributed by atoms with Crippen molar-refractivity contribution in [1.82, 2.24) is 0 Å². The van der Waals surface area contributed by atoms with Gasteiger partial charge in [0.25, 0.3) is 0 Å². The second-order valence-electron chi connectivity index (χ2n) is 3.86. The summed E-state index contributed by atoms with van der Waals surface area (Å²) in [6.07, 6.45) is 4.23. The number of ketones is 1. The Morgan fingerprint density at radius 2 is 2.29 bits per heavy atom. The standard InChI is InChI=1S/C11H18O3/c1-3-8(11(13)14-2)9-6-4-5-7-10(9)12/h8-9H,3-7H2,1-2H3. The largest absolute Gasteiger partial charge is 0.469 e. The van der Waals surface area contributed by atoms with Crippen LogP contribution in [0.25, 0.3) is 0 Å². The van der Waals surface area contributed by atoms with Crippen molar-refractivity contribution in [2.75, 3.05) is 7.11 Å². The minimum Gasteiger partial charge on any atom is -0.469 e. The van der Waals surface area contributed by atoms with Gasteiger partial charge in [0.05, 0.1) is 13.0 Å². The average molecular weight is 198 g/mol. The zero-order chi connectivity index (χ0) is 10.6. The van der Waals surface area contributed by atoms with Gasteiger partial charge in [-0.25, -0.2) is 0 Å². The summed E-state index contributed by atoms with van der Waals surface area (Å²) in [5, 5.41) is 0. The predicted octanol–water partition coefficient (Wildman–Crippen LogP) is 1.94. The molecule has 0 aromatic carbocycles.